The number of carbonyl (C=O) groups is 2. The molecular formula is C25H32FNO5. The van der Waals surface area contributed by atoms with Gasteiger partial charge in [-0.05, 0) is 66.2 Å². The zero-order valence-electron chi connectivity index (χ0n) is 19.1. The van der Waals surface area contributed by atoms with E-state index in [1.807, 2.05) is 13.0 Å². The van der Waals surface area contributed by atoms with Crippen LogP contribution in [0.5, 0.6) is 0 Å². The van der Waals surface area contributed by atoms with Gasteiger partial charge >= 0.3 is 12.1 Å². The Morgan fingerprint density at radius 3 is 2.78 bits per heavy atom. The number of benzene rings is 1. The SMILES string of the molecule is CCNC(=O)O[C@@H]1CC(c2ccc(F)c(C)c2)=C(/C=C/[C@@H]2C[C@@H](O)CC(=O)O2)C(C)(C)C1. The molecule has 1 heterocycles. The quantitative estimate of drug-likeness (QED) is 0.655. The van der Waals surface area contributed by atoms with Gasteiger partial charge in [0.15, 0.2) is 0 Å². The van der Waals surface area contributed by atoms with Gasteiger partial charge in [0.2, 0.25) is 0 Å². The highest BCUT2D eigenvalue weighted by atomic mass is 19.1. The Morgan fingerprint density at radius 1 is 1.38 bits per heavy atom. The van der Waals surface area contributed by atoms with Crippen LogP contribution in [0.3, 0.4) is 0 Å². The van der Waals surface area contributed by atoms with Crippen molar-refractivity contribution in [2.45, 2.75) is 71.7 Å². The lowest BCUT2D eigenvalue weighted by Crippen LogP contribution is -2.35. The highest BCUT2D eigenvalue weighted by Crippen LogP contribution is 2.46. The number of halogens is 1. The number of nitrogens with one attached hydrogen (secondary N) is 1. The second-order valence-corrected chi connectivity index (χ2v) is 9.19. The molecule has 0 spiro atoms. The van der Waals surface area contributed by atoms with Gasteiger partial charge in [0, 0.05) is 19.4 Å². The van der Waals surface area contributed by atoms with E-state index >= 15 is 0 Å². The van der Waals surface area contributed by atoms with Crippen LogP contribution in [-0.4, -0.2) is 42.0 Å². The topological polar surface area (TPSA) is 84.9 Å². The van der Waals surface area contributed by atoms with Crippen molar-refractivity contribution in [3.63, 3.8) is 0 Å². The van der Waals surface area contributed by atoms with Crippen molar-refractivity contribution >= 4 is 17.6 Å². The van der Waals surface area contributed by atoms with Gasteiger partial charge in [0.05, 0.1) is 12.5 Å². The molecule has 174 valence electrons. The van der Waals surface area contributed by atoms with Crippen molar-refractivity contribution in [2.75, 3.05) is 6.54 Å². The van der Waals surface area contributed by atoms with Crippen LogP contribution in [0.4, 0.5) is 9.18 Å². The molecule has 2 N–H and O–H groups in total. The molecule has 1 aromatic carbocycles. The van der Waals surface area contributed by atoms with Gasteiger partial charge in [-0.15, -0.1) is 0 Å². The van der Waals surface area contributed by atoms with E-state index in [2.05, 4.69) is 19.2 Å². The molecule has 7 heteroatoms. The predicted molar refractivity (Wildman–Crippen MR) is 119 cm³/mol. The average Bonchev–Trinajstić information content (AvgIpc) is 2.67. The van der Waals surface area contributed by atoms with E-state index in [1.54, 1.807) is 25.1 Å². The summed E-state index contributed by atoms with van der Waals surface area (Å²) < 4.78 is 24.9. The van der Waals surface area contributed by atoms with Crippen LogP contribution in [0.1, 0.15) is 57.6 Å². The van der Waals surface area contributed by atoms with Gasteiger partial charge in [0.1, 0.15) is 18.0 Å². The van der Waals surface area contributed by atoms with Crippen molar-refractivity contribution in [3.05, 3.63) is 52.9 Å². The lowest BCUT2D eigenvalue weighted by Gasteiger charge is -2.38. The van der Waals surface area contributed by atoms with E-state index < -0.39 is 24.3 Å². The first-order chi connectivity index (χ1) is 15.1. The summed E-state index contributed by atoms with van der Waals surface area (Å²) in [5.41, 5.74) is 3.00. The number of esters is 1. The van der Waals surface area contributed by atoms with E-state index in [-0.39, 0.29) is 23.8 Å². The van der Waals surface area contributed by atoms with Crippen LogP contribution in [0, 0.1) is 18.2 Å². The summed E-state index contributed by atoms with van der Waals surface area (Å²) in [7, 11) is 0. The Morgan fingerprint density at radius 2 is 2.12 bits per heavy atom. The fourth-order valence-corrected chi connectivity index (χ4v) is 4.48. The van der Waals surface area contributed by atoms with Gasteiger partial charge in [-0.2, -0.15) is 0 Å². The zero-order valence-corrected chi connectivity index (χ0v) is 19.1. The second kappa shape index (κ2) is 9.86. The summed E-state index contributed by atoms with van der Waals surface area (Å²) >= 11 is 0. The summed E-state index contributed by atoms with van der Waals surface area (Å²) in [4.78, 5) is 23.8. The summed E-state index contributed by atoms with van der Waals surface area (Å²) in [6.07, 6.45) is 3.20. The molecule has 1 fully saturated rings. The maximum atomic E-state index is 13.9. The van der Waals surface area contributed by atoms with E-state index in [1.165, 1.54) is 6.07 Å². The normalized spacial score (nSPS) is 25.6. The predicted octanol–water partition coefficient (Wildman–Crippen LogP) is 4.45. The molecule has 0 radical (unpaired) electrons. The standard InChI is InChI=1S/C25H32FNO5/c1-5-27-24(30)32-19-13-20(16-6-9-22(26)15(2)10-16)21(25(3,4)14-19)8-7-18-11-17(28)12-23(29)31-18/h6-10,17-19,28H,5,11-14H2,1-4H3,(H,27,30)/b8-7+/t17-,18-,19-/m1/s1. The third-order valence-corrected chi connectivity index (χ3v) is 5.99. The molecule has 3 atom stereocenters. The van der Waals surface area contributed by atoms with E-state index in [0.29, 0.717) is 31.4 Å². The maximum Gasteiger partial charge on any atom is 0.407 e. The molecule has 3 rings (SSSR count). The van der Waals surface area contributed by atoms with Crippen LogP contribution < -0.4 is 5.32 Å². The third-order valence-electron chi connectivity index (χ3n) is 5.99. The molecule has 1 amide bonds. The zero-order chi connectivity index (χ0) is 23.5. The first-order valence-electron chi connectivity index (χ1n) is 11.1. The molecule has 2 aliphatic rings. The van der Waals surface area contributed by atoms with Crippen molar-refractivity contribution in [3.8, 4) is 0 Å². The number of amides is 1. The average molecular weight is 446 g/mol. The van der Waals surface area contributed by atoms with Crippen molar-refractivity contribution in [2.24, 2.45) is 5.41 Å². The van der Waals surface area contributed by atoms with Gasteiger partial charge in [-0.25, -0.2) is 9.18 Å². The van der Waals surface area contributed by atoms with Gasteiger partial charge in [-0.3, -0.25) is 4.79 Å². The molecule has 1 aliphatic carbocycles. The first-order valence-corrected chi connectivity index (χ1v) is 11.1. The van der Waals surface area contributed by atoms with Gasteiger partial charge in [-0.1, -0.05) is 26.0 Å². The fourth-order valence-electron chi connectivity index (χ4n) is 4.48. The monoisotopic (exact) mass is 445 g/mol. The molecule has 0 unspecified atom stereocenters. The van der Waals surface area contributed by atoms with E-state index in [9.17, 15) is 19.1 Å². The van der Waals surface area contributed by atoms with Crippen LogP contribution in [-0.2, 0) is 14.3 Å². The number of aliphatic hydroxyl groups is 1. The lowest BCUT2D eigenvalue weighted by atomic mass is 9.69. The minimum absolute atomic E-state index is 0.0114. The van der Waals surface area contributed by atoms with E-state index in [0.717, 1.165) is 16.7 Å². The van der Waals surface area contributed by atoms with Gasteiger partial charge < -0.3 is 19.9 Å². The summed E-state index contributed by atoms with van der Waals surface area (Å²) in [6.45, 7) is 8.16. The van der Waals surface area contributed by atoms with Crippen LogP contribution in [0.2, 0.25) is 0 Å². The van der Waals surface area contributed by atoms with Gasteiger partial charge in [0.25, 0.3) is 0 Å². The molecule has 1 aromatic rings. The Hall–Kier alpha value is -2.67. The van der Waals surface area contributed by atoms with Crippen molar-refractivity contribution in [1.29, 1.82) is 0 Å². The lowest BCUT2D eigenvalue weighted by molar-refractivity contribution is -0.156. The Labute approximate surface area is 188 Å². The molecule has 0 saturated carbocycles. The number of aryl methyl sites for hydroxylation is 1. The number of alkyl carbamates (subject to hydrolysis) is 1. The number of ether oxygens (including phenoxy) is 2. The molecular weight excluding hydrogens is 413 g/mol. The molecule has 6 nitrogen and oxygen atoms in total. The number of hydrogen-bond acceptors (Lipinski definition) is 5. The number of allylic oxidation sites excluding steroid dienone is 2. The molecule has 0 bridgehead atoms. The summed E-state index contributed by atoms with van der Waals surface area (Å²) in [5.74, 6) is -0.695. The first kappa shape index (κ1) is 24.0. The highest BCUT2D eigenvalue weighted by Gasteiger charge is 2.36. The number of rotatable bonds is 5. The highest BCUT2D eigenvalue weighted by molar-refractivity contribution is 5.75. The Balaban J connectivity index is 1.98. The van der Waals surface area contributed by atoms with E-state index in [4.69, 9.17) is 9.47 Å². The minimum atomic E-state index is -0.715. The number of aliphatic hydroxyl groups excluding tert-OH is 1. The Bertz CT molecular complexity index is 936. The minimum Gasteiger partial charge on any atom is -0.458 e. The maximum absolute atomic E-state index is 13.9. The molecule has 32 heavy (non-hydrogen) atoms. The molecule has 1 aliphatic heterocycles. The smallest absolute Gasteiger partial charge is 0.407 e. The van der Waals surface area contributed by atoms with Crippen molar-refractivity contribution in [1.82, 2.24) is 5.32 Å². The molecule has 0 aromatic heterocycles. The van der Waals surface area contributed by atoms with Crippen LogP contribution >= 0.6 is 0 Å². The largest absolute Gasteiger partial charge is 0.458 e. The second-order valence-electron chi connectivity index (χ2n) is 9.19. The van der Waals surface area contributed by atoms with Crippen molar-refractivity contribution < 1.29 is 28.6 Å². The number of hydrogen-bond donors (Lipinski definition) is 2. The number of carbonyl (C=O) groups excluding carboxylic acids is 2. The Kier molecular flexibility index (Phi) is 7.39. The third kappa shape index (κ3) is 5.76. The van der Waals surface area contributed by atoms with Crippen LogP contribution in [0.15, 0.2) is 35.9 Å². The fraction of sp³-hybridized carbons (Fsp3) is 0.520. The molecule has 1 saturated heterocycles. The van der Waals surface area contributed by atoms with Crippen LogP contribution in [0.25, 0.3) is 5.57 Å². The summed E-state index contributed by atoms with van der Waals surface area (Å²) in [6, 6.07) is 4.98. The summed E-state index contributed by atoms with van der Waals surface area (Å²) in [5, 5.41) is 12.6. The number of cyclic esters (lactones) is 1.